The molecule has 1 atom stereocenters. The molecule has 0 radical (unpaired) electrons. The number of hydrogen-bond donors (Lipinski definition) is 2. The molecule has 6 nitrogen and oxygen atoms in total. The van der Waals surface area contributed by atoms with Gasteiger partial charge in [0, 0.05) is 24.8 Å². The van der Waals surface area contributed by atoms with Crippen LogP contribution in [0.2, 0.25) is 0 Å². The van der Waals surface area contributed by atoms with Crippen LogP contribution in [-0.2, 0) is 4.79 Å². The molecule has 6 heteroatoms. The van der Waals surface area contributed by atoms with Crippen molar-refractivity contribution in [3.8, 4) is 5.75 Å². The molecule has 0 spiro atoms. The number of benzene rings is 1. The van der Waals surface area contributed by atoms with Gasteiger partial charge in [-0.3, -0.25) is 0 Å². The minimum absolute atomic E-state index is 0.154. The highest BCUT2D eigenvalue weighted by Crippen LogP contribution is 2.18. The fourth-order valence-electron chi connectivity index (χ4n) is 1.83. The Kier molecular flexibility index (Phi) is 6.52. The minimum Gasteiger partial charge on any atom is -0.482 e. The van der Waals surface area contributed by atoms with E-state index >= 15 is 0 Å². The number of anilines is 1. The molecule has 21 heavy (non-hydrogen) atoms. The number of amides is 2. The highest BCUT2D eigenvalue weighted by Gasteiger charge is 2.15. The Morgan fingerprint density at radius 1 is 1.43 bits per heavy atom. The lowest BCUT2D eigenvalue weighted by Gasteiger charge is -2.25. The molecular formula is C15H22N2O4. The maximum Gasteiger partial charge on any atom is 0.341 e. The predicted molar refractivity (Wildman–Crippen MR) is 80.7 cm³/mol. The number of ether oxygens (including phenoxy) is 1. The Morgan fingerprint density at radius 2 is 2.14 bits per heavy atom. The number of rotatable bonds is 7. The lowest BCUT2D eigenvalue weighted by molar-refractivity contribution is -0.139. The largest absolute Gasteiger partial charge is 0.482 e. The van der Waals surface area contributed by atoms with Gasteiger partial charge < -0.3 is 20.1 Å². The summed E-state index contributed by atoms with van der Waals surface area (Å²) in [7, 11) is 1.75. The Hall–Kier alpha value is -2.24. The zero-order valence-corrected chi connectivity index (χ0v) is 12.6. The van der Waals surface area contributed by atoms with Crippen molar-refractivity contribution in [2.24, 2.45) is 0 Å². The SMILES string of the molecule is CCCC(C)N(C)C(=O)Nc1cccc(OCC(=O)O)c1. The van der Waals surface area contributed by atoms with E-state index in [9.17, 15) is 9.59 Å². The van der Waals surface area contributed by atoms with E-state index in [1.165, 1.54) is 0 Å². The average Bonchev–Trinajstić information content (AvgIpc) is 2.45. The van der Waals surface area contributed by atoms with Crippen molar-refractivity contribution in [1.82, 2.24) is 4.90 Å². The van der Waals surface area contributed by atoms with Crippen LogP contribution in [0.5, 0.6) is 5.75 Å². The summed E-state index contributed by atoms with van der Waals surface area (Å²) in [5, 5.41) is 11.3. The van der Waals surface area contributed by atoms with E-state index in [1.54, 1.807) is 36.2 Å². The van der Waals surface area contributed by atoms with Crippen LogP contribution in [0.4, 0.5) is 10.5 Å². The van der Waals surface area contributed by atoms with Crippen molar-refractivity contribution in [1.29, 1.82) is 0 Å². The Morgan fingerprint density at radius 3 is 2.76 bits per heavy atom. The van der Waals surface area contributed by atoms with Gasteiger partial charge in [0.2, 0.25) is 0 Å². The number of carboxylic acids is 1. The first-order chi connectivity index (χ1) is 9.93. The van der Waals surface area contributed by atoms with E-state index in [0.717, 1.165) is 12.8 Å². The van der Waals surface area contributed by atoms with Gasteiger partial charge >= 0.3 is 12.0 Å². The van der Waals surface area contributed by atoms with Crippen LogP contribution in [-0.4, -0.2) is 41.7 Å². The normalized spacial score (nSPS) is 11.6. The van der Waals surface area contributed by atoms with Gasteiger partial charge in [0.25, 0.3) is 0 Å². The summed E-state index contributed by atoms with van der Waals surface area (Å²) in [5.41, 5.74) is 0.568. The van der Waals surface area contributed by atoms with Gasteiger partial charge in [-0.2, -0.15) is 0 Å². The second kappa shape index (κ2) is 8.14. The molecule has 0 aromatic heterocycles. The van der Waals surface area contributed by atoms with E-state index in [0.29, 0.717) is 11.4 Å². The van der Waals surface area contributed by atoms with Crippen molar-refractivity contribution in [3.63, 3.8) is 0 Å². The average molecular weight is 294 g/mol. The molecule has 0 bridgehead atoms. The smallest absolute Gasteiger partial charge is 0.341 e. The minimum atomic E-state index is -1.04. The van der Waals surface area contributed by atoms with E-state index in [-0.39, 0.29) is 12.1 Å². The van der Waals surface area contributed by atoms with Gasteiger partial charge in [0.15, 0.2) is 6.61 Å². The number of carboxylic acid groups (broad SMARTS) is 1. The van der Waals surface area contributed by atoms with Crippen molar-refractivity contribution >= 4 is 17.7 Å². The zero-order valence-electron chi connectivity index (χ0n) is 12.6. The quantitative estimate of drug-likeness (QED) is 0.810. The van der Waals surface area contributed by atoms with Crippen molar-refractivity contribution in [3.05, 3.63) is 24.3 Å². The van der Waals surface area contributed by atoms with E-state index < -0.39 is 12.6 Å². The highest BCUT2D eigenvalue weighted by atomic mass is 16.5. The molecule has 1 unspecified atom stereocenters. The van der Waals surface area contributed by atoms with Crippen molar-refractivity contribution in [2.45, 2.75) is 32.7 Å². The summed E-state index contributed by atoms with van der Waals surface area (Å²) in [6, 6.07) is 6.61. The van der Waals surface area contributed by atoms with Gasteiger partial charge in [0.1, 0.15) is 5.75 Å². The molecule has 0 aliphatic carbocycles. The first kappa shape index (κ1) is 16.8. The zero-order chi connectivity index (χ0) is 15.8. The van der Waals surface area contributed by atoms with Crippen LogP contribution in [0.3, 0.4) is 0 Å². The van der Waals surface area contributed by atoms with E-state index in [4.69, 9.17) is 9.84 Å². The third kappa shape index (κ3) is 5.72. The van der Waals surface area contributed by atoms with Crippen molar-refractivity contribution < 1.29 is 19.4 Å². The number of nitrogens with zero attached hydrogens (tertiary/aromatic N) is 1. The molecule has 116 valence electrons. The third-order valence-electron chi connectivity index (χ3n) is 3.14. The van der Waals surface area contributed by atoms with Gasteiger partial charge in [-0.25, -0.2) is 9.59 Å². The maximum atomic E-state index is 12.1. The van der Waals surface area contributed by atoms with Crippen LogP contribution in [0.1, 0.15) is 26.7 Å². The Bertz CT molecular complexity index is 490. The second-order valence-corrected chi connectivity index (χ2v) is 4.89. The van der Waals surface area contributed by atoms with Gasteiger partial charge in [-0.15, -0.1) is 0 Å². The molecule has 2 amide bonds. The number of carbonyl (C=O) groups excluding carboxylic acids is 1. The van der Waals surface area contributed by atoms with E-state index in [2.05, 4.69) is 12.2 Å². The number of urea groups is 1. The Balaban J connectivity index is 2.63. The molecule has 2 N–H and O–H groups in total. The highest BCUT2D eigenvalue weighted by molar-refractivity contribution is 5.89. The monoisotopic (exact) mass is 294 g/mol. The third-order valence-corrected chi connectivity index (χ3v) is 3.14. The topological polar surface area (TPSA) is 78.9 Å². The van der Waals surface area contributed by atoms with Crippen LogP contribution in [0, 0.1) is 0 Å². The molecule has 0 saturated carbocycles. The summed E-state index contributed by atoms with van der Waals surface area (Å²) >= 11 is 0. The van der Waals surface area contributed by atoms with Gasteiger partial charge in [-0.05, 0) is 25.5 Å². The predicted octanol–water partition coefficient (Wildman–Crippen LogP) is 2.80. The Labute approximate surface area is 124 Å². The van der Waals surface area contributed by atoms with Crippen LogP contribution >= 0.6 is 0 Å². The molecule has 0 aliphatic rings. The lowest BCUT2D eigenvalue weighted by Crippen LogP contribution is -2.38. The summed E-state index contributed by atoms with van der Waals surface area (Å²) < 4.78 is 5.07. The van der Waals surface area contributed by atoms with Crippen molar-refractivity contribution in [2.75, 3.05) is 19.0 Å². The van der Waals surface area contributed by atoms with Gasteiger partial charge in [-0.1, -0.05) is 19.4 Å². The molecule has 1 aromatic carbocycles. The summed E-state index contributed by atoms with van der Waals surface area (Å²) in [4.78, 5) is 24.2. The number of aliphatic carboxylic acids is 1. The molecule has 0 fully saturated rings. The fraction of sp³-hybridized carbons (Fsp3) is 0.467. The van der Waals surface area contributed by atoms with Crippen LogP contribution in [0.15, 0.2) is 24.3 Å². The lowest BCUT2D eigenvalue weighted by atomic mass is 10.2. The number of nitrogens with one attached hydrogen (secondary N) is 1. The first-order valence-corrected chi connectivity index (χ1v) is 6.92. The second-order valence-electron chi connectivity index (χ2n) is 4.89. The molecular weight excluding hydrogens is 272 g/mol. The molecule has 1 aromatic rings. The molecule has 0 aliphatic heterocycles. The standard InChI is InChI=1S/C15H22N2O4/c1-4-6-11(2)17(3)15(20)16-12-7-5-8-13(9-12)21-10-14(18)19/h5,7-9,11H,4,6,10H2,1-3H3,(H,16,20)(H,18,19). The first-order valence-electron chi connectivity index (χ1n) is 6.92. The number of hydrogen-bond acceptors (Lipinski definition) is 3. The summed E-state index contributed by atoms with van der Waals surface area (Å²) in [5.74, 6) is -0.642. The van der Waals surface area contributed by atoms with Gasteiger partial charge in [0.05, 0.1) is 0 Å². The van der Waals surface area contributed by atoms with Crippen LogP contribution in [0.25, 0.3) is 0 Å². The molecule has 0 saturated heterocycles. The number of carbonyl (C=O) groups is 2. The van der Waals surface area contributed by atoms with Crippen LogP contribution < -0.4 is 10.1 Å². The molecule has 1 rings (SSSR count). The summed E-state index contributed by atoms with van der Waals surface area (Å²) in [6.45, 7) is 3.66. The maximum absolute atomic E-state index is 12.1. The summed E-state index contributed by atoms with van der Waals surface area (Å²) in [6.07, 6.45) is 1.95. The molecule has 0 heterocycles. The fourth-order valence-corrected chi connectivity index (χ4v) is 1.83. The van der Waals surface area contributed by atoms with E-state index in [1.807, 2.05) is 6.92 Å².